The third-order valence-corrected chi connectivity index (χ3v) is 4.05. The maximum Gasteiger partial charge on any atom is 0.00792 e. The number of nitrogens with two attached hydrogens (primary N) is 1. The molecule has 2 heteroatoms. The van der Waals surface area contributed by atoms with Crippen LogP contribution in [0.5, 0.6) is 0 Å². The molecule has 0 heterocycles. The molecule has 0 bridgehead atoms. The minimum absolute atomic E-state index is 0.459. The average molecular weight is 210 g/mol. The van der Waals surface area contributed by atoms with Gasteiger partial charge in [0.15, 0.2) is 0 Å². The Bertz CT molecular complexity index is 177. The van der Waals surface area contributed by atoms with Crippen LogP contribution in [0.3, 0.4) is 0 Å². The lowest BCUT2D eigenvalue weighted by Crippen LogP contribution is -2.36. The molecule has 0 saturated heterocycles. The van der Waals surface area contributed by atoms with Crippen molar-refractivity contribution >= 4 is 0 Å². The normalized spacial score (nSPS) is 32.6. The lowest BCUT2D eigenvalue weighted by molar-refractivity contribution is 0.372. The largest absolute Gasteiger partial charge is 0.327 e. The first-order valence-electron chi connectivity index (χ1n) is 6.82. The quantitative estimate of drug-likeness (QED) is 0.540. The fourth-order valence-electron chi connectivity index (χ4n) is 2.67. The summed E-state index contributed by atoms with van der Waals surface area (Å²) in [5.74, 6) is 1.80. The topological polar surface area (TPSA) is 38.0 Å². The third kappa shape index (κ3) is 4.12. The van der Waals surface area contributed by atoms with Crippen LogP contribution in [0.2, 0.25) is 0 Å². The van der Waals surface area contributed by atoms with Gasteiger partial charge in [-0.25, -0.2) is 0 Å². The van der Waals surface area contributed by atoms with Crippen molar-refractivity contribution in [1.29, 1.82) is 0 Å². The van der Waals surface area contributed by atoms with Gasteiger partial charge in [0.2, 0.25) is 0 Å². The van der Waals surface area contributed by atoms with E-state index in [0.717, 1.165) is 18.4 Å². The summed E-state index contributed by atoms with van der Waals surface area (Å²) in [5.41, 5.74) is 6.19. The second-order valence-electron chi connectivity index (χ2n) is 5.50. The van der Waals surface area contributed by atoms with Gasteiger partial charge in [-0.05, 0) is 44.2 Å². The van der Waals surface area contributed by atoms with Crippen molar-refractivity contribution in [3.8, 4) is 0 Å². The first kappa shape index (κ1) is 11.4. The van der Waals surface area contributed by atoms with Crippen LogP contribution in [-0.2, 0) is 0 Å². The molecule has 88 valence electrons. The molecule has 0 aromatic carbocycles. The van der Waals surface area contributed by atoms with Crippen LogP contribution in [0.1, 0.15) is 51.4 Å². The summed E-state index contributed by atoms with van der Waals surface area (Å²) in [6.45, 7) is 2.38. The second kappa shape index (κ2) is 5.86. The summed E-state index contributed by atoms with van der Waals surface area (Å²) in [5, 5.41) is 3.60. The molecule has 0 amide bonds. The van der Waals surface area contributed by atoms with Gasteiger partial charge < -0.3 is 11.1 Å². The Morgan fingerprint density at radius 1 is 1.00 bits per heavy atom. The van der Waals surface area contributed by atoms with E-state index in [4.69, 9.17) is 5.73 Å². The molecule has 2 aliphatic rings. The lowest BCUT2D eigenvalue weighted by Gasteiger charge is -2.21. The van der Waals surface area contributed by atoms with Crippen LogP contribution in [-0.4, -0.2) is 19.1 Å². The van der Waals surface area contributed by atoms with Gasteiger partial charge >= 0.3 is 0 Å². The van der Waals surface area contributed by atoms with Gasteiger partial charge in [0.05, 0.1) is 0 Å². The predicted molar refractivity (Wildman–Crippen MR) is 64.8 cm³/mol. The van der Waals surface area contributed by atoms with Crippen molar-refractivity contribution in [2.45, 2.75) is 57.4 Å². The van der Waals surface area contributed by atoms with E-state index >= 15 is 0 Å². The molecule has 0 radical (unpaired) electrons. The molecule has 2 saturated carbocycles. The van der Waals surface area contributed by atoms with E-state index in [-0.39, 0.29) is 0 Å². The van der Waals surface area contributed by atoms with Crippen LogP contribution in [0.15, 0.2) is 0 Å². The van der Waals surface area contributed by atoms with Gasteiger partial charge in [-0.15, -0.1) is 0 Å². The highest BCUT2D eigenvalue weighted by molar-refractivity contribution is 4.79. The third-order valence-electron chi connectivity index (χ3n) is 4.05. The number of hydrogen-bond acceptors (Lipinski definition) is 2. The lowest BCUT2D eigenvalue weighted by atomic mass is 9.95. The molecule has 2 unspecified atom stereocenters. The molecule has 2 atom stereocenters. The van der Waals surface area contributed by atoms with E-state index in [1.54, 1.807) is 0 Å². The Hall–Kier alpha value is -0.0800. The van der Waals surface area contributed by atoms with Crippen LogP contribution in [0, 0.1) is 11.8 Å². The average Bonchev–Trinajstić information content (AvgIpc) is 3.03. The molecule has 2 rings (SSSR count). The predicted octanol–water partition coefficient (Wildman–Crippen LogP) is 2.28. The van der Waals surface area contributed by atoms with Gasteiger partial charge in [-0.1, -0.05) is 32.1 Å². The standard InChI is InChI=1S/C13H26N2/c14-13-5-3-1-2-4-12(13)10-15-9-8-11-6-7-11/h11-13,15H,1-10,14H2. The first-order chi connectivity index (χ1) is 7.36. The van der Waals surface area contributed by atoms with Gasteiger partial charge in [0.1, 0.15) is 0 Å². The zero-order valence-electron chi connectivity index (χ0n) is 9.88. The molecule has 0 spiro atoms. The van der Waals surface area contributed by atoms with Crippen molar-refractivity contribution in [2.24, 2.45) is 17.6 Å². The van der Waals surface area contributed by atoms with Crippen molar-refractivity contribution < 1.29 is 0 Å². The fourth-order valence-corrected chi connectivity index (χ4v) is 2.67. The summed E-state index contributed by atoms with van der Waals surface area (Å²) in [6.07, 6.45) is 11.1. The molecule has 2 fully saturated rings. The van der Waals surface area contributed by atoms with E-state index in [2.05, 4.69) is 5.32 Å². The van der Waals surface area contributed by atoms with Crippen molar-refractivity contribution in [2.75, 3.05) is 13.1 Å². The Kier molecular flexibility index (Phi) is 4.45. The summed E-state index contributed by atoms with van der Waals surface area (Å²) in [6, 6.07) is 0.459. The van der Waals surface area contributed by atoms with E-state index in [0.29, 0.717) is 6.04 Å². The molecule has 0 aromatic heterocycles. The molecular formula is C13H26N2. The Labute approximate surface area is 94.0 Å². The van der Waals surface area contributed by atoms with Crippen LogP contribution in [0.4, 0.5) is 0 Å². The highest BCUT2D eigenvalue weighted by Gasteiger charge is 2.22. The zero-order valence-corrected chi connectivity index (χ0v) is 9.88. The minimum atomic E-state index is 0.459. The molecule has 0 aromatic rings. The smallest absolute Gasteiger partial charge is 0.00792 e. The number of nitrogens with one attached hydrogen (secondary N) is 1. The van der Waals surface area contributed by atoms with E-state index in [1.165, 1.54) is 57.9 Å². The molecular weight excluding hydrogens is 184 g/mol. The highest BCUT2D eigenvalue weighted by atomic mass is 14.9. The Morgan fingerprint density at radius 2 is 1.80 bits per heavy atom. The molecule has 2 nitrogen and oxygen atoms in total. The van der Waals surface area contributed by atoms with Gasteiger partial charge in [0.25, 0.3) is 0 Å². The summed E-state index contributed by atoms with van der Waals surface area (Å²) in [4.78, 5) is 0. The molecule has 3 N–H and O–H groups in total. The first-order valence-corrected chi connectivity index (χ1v) is 6.82. The minimum Gasteiger partial charge on any atom is -0.327 e. The van der Waals surface area contributed by atoms with Crippen molar-refractivity contribution in [3.05, 3.63) is 0 Å². The molecule has 0 aliphatic heterocycles. The summed E-state index contributed by atoms with van der Waals surface area (Å²) < 4.78 is 0. The van der Waals surface area contributed by atoms with Crippen molar-refractivity contribution in [1.82, 2.24) is 5.32 Å². The maximum absolute atomic E-state index is 6.19. The molecule has 2 aliphatic carbocycles. The summed E-state index contributed by atoms with van der Waals surface area (Å²) >= 11 is 0. The van der Waals surface area contributed by atoms with E-state index in [9.17, 15) is 0 Å². The van der Waals surface area contributed by atoms with Gasteiger partial charge in [0, 0.05) is 6.04 Å². The van der Waals surface area contributed by atoms with Crippen LogP contribution >= 0.6 is 0 Å². The molecule has 15 heavy (non-hydrogen) atoms. The summed E-state index contributed by atoms with van der Waals surface area (Å²) in [7, 11) is 0. The van der Waals surface area contributed by atoms with E-state index < -0.39 is 0 Å². The van der Waals surface area contributed by atoms with Crippen molar-refractivity contribution in [3.63, 3.8) is 0 Å². The maximum atomic E-state index is 6.19. The number of rotatable bonds is 5. The SMILES string of the molecule is NC1CCCCCC1CNCCC1CC1. The zero-order chi connectivity index (χ0) is 10.5. The monoisotopic (exact) mass is 210 g/mol. The van der Waals surface area contributed by atoms with Gasteiger partial charge in [-0.3, -0.25) is 0 Å². The fraction of sp³-hybridized carbons (Fsp3) is 1.00. The number of hydrogen-bond donors (Lipinski definition) is 2. The Balaban J connectivity index is 1.58. The van der Waals surface area contributed by atoms with Crippen LogP contribution in [0.25, 0.3) is 0 Å². The van der Waals surface area contributed by atoms with Gasteiger partial charge in [-0.2, -0.15) is 0 Å². The second-order valence-corrected chi connectivity index (χ2v) is 5.50. The van der Waals surface area contributed by atoms with E-state index in [1.807, 2.05) is 0 Å². The highest BCUT2D eigenvalue weighted by Crippen LogP contribution is 2.31. The van der Waals surface area contributed by atoms with Crippen LogP contribution < -0.4 is 11.1 Å². The Morgan fingerprint density at radius 3 is 2.60 bits per heavy atom.